The lowest BCUT2D eigenvalue weighted by atomic mass is 10.1. The SMILES string of the molecule is Cl.O=S(=O)(CC1CCCO1)N1CCNCC1c1cccc(F)c1. The second kappa shape index (κ2) is 7.90. The highest BCUT2D eigenvalue weighted by molar-refractivity contribution is 7.89. The zero-order valence-electron chi connectivity index (χ0n) is 12.8. The Hall–Kier alpha value is -0.730. The van der Waals surface area contributed by atoms with Crippen LogP contribution in [-0.2, 0) is 14.8 Å². The molecule has 1 aromatic carbocycles. The Morgan fingerprint density at radius 3 is 2.91 bits per heavy atom. The maximum Gasteiger partial charge on any atom is 0.217 e. The summed E-state index contributed by atoms with van der Waals surface area (Å²) in [4.78, 5) is 0. The maximum absolute atomic E-state index is 13.5. The Bertz CT molecular complexity index is 623. The van der Waals surface area contributed by atoms with E-state index in [-0.39, 0.29) is 36.1 Å². The average Bonchev–Trinajstić information content (AvgIpc) is 2.99. The van der Waals surface area contributed by atoms with Crippen LogP contribution < -0.4 is 5.32 Å². The molecule has 0 bridgehead atoms. The fourth-order valence-electron chi connectivity index (χ4n) is 3.12. The van der Waals surface area contributed by atoms with E-state index in [1.165, 1.54) is 16.4 Å². The smallest absolute Gasteiger partial charge is 0.217 e. The van der Waals surface area contributed by atoms with Crippen molar-refractivity contribution < 1.29 is 17.5 Å². The zero-order chi connectivity index (χ0) is 15.6. The number of ether oxygens (including phenoxy) is 1. The lowest BCUT2D eigenvalue weighted by molar-refractivity contribution is 0.125. The predicted octanol–water partition coefficient (Wildman–Crippen LogP) is 1.70. The molecular formula is C15H22ClFN2O3S. The minimum absolute atomic E-state index is 0. The minimum atomic E-state index is -3.43. The van der Waals surface area contributed by atoms with Gasteiger partial charge in [0.05, 0.1) is 17.9 Å². The van der Waals surface area contributed by atoms with Crippen LogP contribution >= 0.6 is 12.4 Å². The first-order valence-electron chi connectivity index (χ1n) is 7.63. The fraction of sp³-hybridized carbons (Fsp3) is 0.600. The number of nitrogens with one attached hydrogen (secondary N) is 1. The van der Waals surface area contributed by atoms with E-state index in [4.69, 9.17) is 4.74 Å². The summed E-state index contributed by atoms with van der Waals surface area (Å²) >= 11 is 0. The van der Waals surface area contributed by atoms with Crippen molar-refractivity contribution in [1.29, 1.82) is 0 Å². The van der Waals surface area contributed by atoms with E-state index >= 15 is 0 Å². The molecule has 0 aromatic heterocycles. The van der Waals surface area contributed by atoms with Crippen molar-refractivity contribution in [2.45, 2.75) is 25.0 Å². The van der Waals surface area contributed by atoms with Gasteiger partial charge in [-0.2, -0.15) is 4.31 Å². The Balaban J connectivity index is 0.00000192. The van der Waals surface area contributed by atoms with Gasteiger partial charge in [0, 0.05) is 26.2 Å². The molecule has 23 heavy (non-hydrogen) atoms. The summed E-state index contributed by atoms with van der Waals surface area (Å²) in [7, 11) is -3.43. The van der Waals surface area contributed by atoms with E-state index in [2.05, 4.69) is 5.32 Å². The first-order valence-corrected chi connectivity index (χ1v) is 9.24. The molecule has 8 heteroatoms. The van der Waals surface area contributed by atoms with Gasteiger partial charge in [-0.25, -0.2) is 12.8 Å². The van der Waals surface area contributed by atoms with Gasteiger partial charge in [-0.1, -0.05) is 12.1 Å². The summed E-state index contributed by atoms with van der Waals surface area (Å²) in [5, 5.41) is 3.19. The molecule has 2 aliphatic heterocycles. The van der Waals surface area contributed by atoms with Crippen LogP contribution in [0.3, 0.4) is 0 Å². The molecule has 130 valence electrons. The summed E-state index contributed by atoms with van der Waals surface area (Å²) in [5.74, 6) is -0.335. The summed E-state index contributed by atoms with van der Waals surface area (Å²) in [5.41, 5.74) is 0.683. The van der Waals surface area contributed by atoms with E-state index in [9.17, 15) is 12.8 Å². The topological polar surface area (TPSA) is 58.6 Å². The first kappa shape index (κ1) is 18.6. The van der Waals surface area contributed by atoms with Gasteiger partial charge >= 0.3 is 0 Å². The summed E-state index contributed by atoms with van der Waals surface area (Å²) in [6.45, 7) is 2.13. The second-order valence-electron chi connectivity index (χ2n) is 5.80. The maximum atomic E-state index is 13.5. The van der Waals surface area contributed by atoms with Crippen LogP contribution in [0.1, 0.15) is 24.4 Å². The highest BCUT2D eigenvalue weighted by Gasteiger charge is 2.35. The van der Waals surface area contributed by atoms with Crippen molar-refractivity contribution >= 4 is 22.4 Å². The van der Waals surface area contributed by atoms with Crippen molar-refractivity contribution in [3.8, 4) is 0 Å². The number of hydrogen-bond acceptors (Lipinski definition) is 4. The van der Waals surface area contributed by atoms with E-state index in [0.29, 0.717) is 31.8 Å². The largest absolute Gasteiger partial charge is 0.377 e. The third-order valence-corrected chi connectivity index (χ3v) is 6.15. The molecule has 0 amide bonds. The molecule has 2 saturated heterocycles. The Kier molecular flexibility index (Phi) is 6.39. The van der Waals surface area contributed by atoms with Gasteiger partial charge in [0.2, 0.25) is 10.0 Å². The second-order valence-corrected chi connectivity index (χ2v) is 7.77. The molecule has 2 atom stereocenters. The average molecular weight is 365 g/mol. The number of nitrogens with zero attached hydrogens (tertiary/aromatic N) is 1. The number of hydrogen-bond donors (Lipinski definition) is 1. The molecular weight excluding hydrogens is 343 g/mol. The predicted molar refractivity (Wildman–Crippen MR) is 88.7 cm³/mol. The molecule has 0 radical (unpaired) electrons. The van der Waals surface area contributed by atoms with Gasteiger partial charge in [0.1, 0.15) is 5.82 Å². The van der Waals surface area contributed by atoms with Crippen molar-refractivity contribution in [1.82, 2.24) is 9.62 Å². The monoisotopic (exact) mass is 364 g/mol. The third-order valence-electron chi connectivity index (χ3n) is 4.21. The van der Waals surface area contributed by atoms with Crippen LogP contribution in [0, 0.1) is 5.82 Å². The van der Waals surface area contributed by atoms with E-state index < -0.39 is 10.0 Å². The molecule has 0 aliphatic carbocycles. The number of sulfonamides is 1. The van der Waals surface area contributed by atoms with Gasteiger partial charge in [0.15, 0.2) is 0 Å². The highest BCUT2D eigenvalue weighted by Crippen LogP contribution is 2.27. The lowest BCUT2D eigenvalue weighted by Gasteiger charge is -2.36. The molecule has 2 unspecified atom stereocenters. The Morgan fingerprint density at radius 2 is 2.22 bits per heavy atom. The molecule has 0 spiro atoms. The normalized spacial score (nSPS) is 26.0. The molecule has 2 fully saturated rings. The van der Waals surface area contributed by atoms with Gasteiger partial charge in [-0.3, -0.25) is 0 Å². The highest BCUT2D eigenvalue weighted by atomic mass is 35.5. The standard InChI is InChI=1S/C15H21FN2O3S.ClH/c16-13-4-1-3-12(9-13)15-10-17-6-7-18(15)22(19,20)11-14-5-2-8-21-14;/h1,3-4,9,14-15,17H,2,5-8,10-11H2;1H. The summed E-state index contributed by atoms with van der Waals surface area (Å²) < 4.78 is 45.9. The summed E-state index contributed by atoms with van der Waals surface area (Å²) in [6, 6.07) is 5.80. The quantitative estimate of drug-likeness (QED) is 0.883. The molecule has 2 heterocycles. The van der Waals surface area contributed by atoms with Crippen LogP contribution in [0.25, 0.3) is 0 Å². The number of piperazine rings is 1. The van der Waals surface area contributed by atoms with Gasteiger partial charge in [-0.05, 0) is 30.5 Å². The Labute approximate surface area is 142 Å². The zero-order valence-corrected chi connectivity index (χ0v) is 14.4. The van der Waals surface area contributed by atoms with Crippen LogP contribution in [0.5, 0.6) is 0 Å². The third kappa shape index (κ3) is 4.42. The summed E-state index contributed by atoms with van der Waals surface area (Å²) in [6.07, 6.45) is 1.48. The van der Waals surface area contributed by atoms with Gasteiger partial charge < -0.3 is 10.1 Å². The molecule has 5 nitrogen and oxygen atoms in total. The number of halogens is 2. The molecule has 1 N–H and O–H groups in total. The lowest BCUT2D eigenvalue weighted by Crippen LogP contribution is -2.50. The van der Waals surface area contributed by atoms with Crippen LogP contribution in [0.15, 0.2) is 24.3 Å². The first-order chi connectivity index (χ1) is 10.6. The number of rotatable bonds is 4. The molecule has 1 aromatic rings. The van der Waals surface area contributed by atoms with Gasteiger partial charge in [-0.15, -0.1) is 12.4 Å². The number of benzene rings is 1. The molecule has 3 rings (SSSR count). The van der Waals surface area contributed by atoms with Crippen LogP contribution in [0.2, 0.25) is 0 Å². The fourth-order valence-corrected chi connectivity index (χ4v) is 5.00. The van der Waals surface area contributed by atoms with Crippen molar-refractivity contribution in [3.63, 3.8) is 0 Å². The van der Waals surface area contributed by atoms with Crippen LogP contribution in [0.4, 0.5) is 4.39 Å². The van der Waals surface area contributed by atoms with Crippen LogP contribution in [-0.4, -0.2) is 50.8 Å². The van der Waals surface area contributed by atoms with E-state index in [1.54, 1.807) is 12.1 Å². The van der Waals surface area contributed by atoms with Crippen molar-refractivity contribution in [2.24, 2.45) is 0 Å². The molecule has 2 aliphatic rings. The van der Waals surface area contributed by atoms with Crippen molar-refractivity contribution in [3.05, 3.63) is 35.6 Å². The van der Waals surface area contributed by atoms with Crippen molar-refractivity contribution in [2.75, 3.05) is 32.0 Å². The van der Waals surface area contributed by atoms with E-state index in [0.717, 1.165) is 12.8 Å². The Morgan fingerprint density at radius 1 is 1.39 bits per heavy atom. The minimum Gasteiger partial charge on any atom is -0.377 e. The van der Waals surface area contributed by atoms with Gasteiger partial charge in [0.25, 0.3) is 0 Å². The molecule has 0 saturated carbocycles. The van der Waals surface area contributed by atoms with E-state index in [1.807, 2.05) is 0 Å².